The fraction of sp³-hybridized carbons (Fsp3) is 0.286. The number of hydrogen-bond donors (Lipinski definition) is 1. The lowest BCUT2D eigenvalue weighted by Crippen LogP contribution is -2.19. The number of hydrogen-bond acceptors (Lipinski definition) is 4. The predicted octanol–water partition coefficient (Wildman–Crippen LogP) is 5.34. The van der Waals surface area contributed by atoms with Crippen molar-refractivity contribution in [1.82, 2.24) is 9.88 Å². The minimum absolute atomic E-state index is 0.603. The SMILES string of the molecule is Cc1ccc2/c(=N/OC(C)C#N)c3ccccc3n(CCCNCc3ccccc3)c2c1C. The molecule has 4 rings (SSSR count). The fourth-order valence-electron chi connectivity index (χ4n) is 4.19. The third kappa shape index (κ3) is 4.92. The van der Waals surface area contributed by atoms with E-state index in [1.165, 1.54) is 22.2 Å². The number of benzene rings is 3. The summed E-state index contributed by atoms with van der Waals surface area (Å²) >= 11 is 0. The summed E-state index contributed by atoms with van der Waals surface area (Å²) in [5, 5.41) is 20.0. The molecule has 1 aromatic heterocycles. The van der Waals surface area contributed by atoms with Crippen molar-refractivity contribution < 1.29 is 4.84 Å². The van der Waals surface area contributed by atoms with Crippen LogP contribution in [0.2, 0.25) is 0 Å². The smallest absolute Gasteiger partial charge is 0.209 e. The molecule has 1 atom stereocenters. The molecule has 33 heavy (non-hydrogen) atoms. The number of para-hydroxylation sites is 1. The highest BCUT2D eigenvalue weighted by Gasteiger charge is 2.13. The second-order valence-corrected chi connectivity index (χ2v) is 8.40. The lowest BCUT2D eigenvalue weighted by atomic mass is 10.0. The number of aryl methyl sites for hydroxylation is 3. The maximum atomic E-state index is 9.13. The van der Waals surface area contributed by atoms with Gasteiger partial charge in [0.2, 0.25) is 6.10 Å². The van der Waals surface area contributed by atoms with E-state index in [9.17, 15) is 0 Å². The maximum absolute atomic E-state index is 9.13. The Hall–Kier alpha value is -3.62. The Morgan fingerprint density at radius 3 is 2.55 bits per heavy atom. The van der Waals surface area contributed by atoms with Crippen LogP contribution >= 0.6 is 0 Å². The van der Waals surface area contributed by atoms with E-state index >= 15 is 0 Å². The summed E-state index contributed by atoms with van der Waals surface area (Å²) < 4.78 is 2.41. The molecule has 168 valence electrons. The van der Waals surface area contributed by atoms with Crippen LogP contribution in [0, 0.1) is 25.2 Å². The Bertz CT molecular complexity index is 1370. The van der Waals surface area contributed by atoms with E-state index in [2.05, 4.69) is 89.6 Å². The summed E-state index contributed by atoms with van der Waals surface area (Å²) in [4.78, 5) is 5.50. The van der Waals surface area contributed by atoms with Crippen molar-refractivity contribution in [3.8, 4) is 6.07 Å². The Morgan fingerprint density at radius 2 is 1.76 bits per heavy atom. The Kier molecular flexibility index (Phi) is 7.07. The molecular formula is C28H30N4O. The highest BCUT2D eigenvalue weighted by molar-refractivity contribution is 5.95. The monoisotopic (exact) mass is 438 g/mol. The standard InChI is InChI=1S/C28H30N4O/c1-20-14-15-25-27(31-33-21(2)18-29)24-12-7-8-13-26(24)32(28(25)22(20)3)17-9-16-30-19-23-10-5-4-6-11-23/h4-8,10-15,21,30H,9,16-17,19H2,1-3H3/b31-27+. The van der Waals surface area contributed by atoms with Gasteiger partial charge in [-0.15, -0.1) is 0 Å². The topological polar surface area (TPSA) is 62.3 Å². The molecule has 0 saturated carbocycles. The fourth-order valence-corrected chi connectivity index (χ4v) is 4.19. The van der Waals surface area contributed by atoms with E-state index in [4.69, 9.17) is 10.1 Å². The minimum Gasteiger partial charge on any atom is -0.377 e. The van der Waals surface area contributed by atoms with Crippen molar-refractivity contribution in [3.05, 3.63) is 88.8 Å². The van der Waals surface area contributed by atoms with E-state index in [0.29, 0.717) is 0 Å². The van der Waals surface area contributed by atoms with E-state index in [-0.39, 0.29) is 0 Å². The summed E-state index contributed by atoms with van der Waals surface area (Å²) in [6.45, 7) is 8.70. The van der Waals surface area contributed by atoms with Crippen LogP contribution in [0.1, 0.15) is 30.0 Å². The third-order valence-electron chi connectivity index (χ3n) is 6.07. The quantitative estimate of drug-likeness (QED) is 0.230. The second-order valence-electron chi connectivity index (χ2n) is 8.40. The van der Waals surface area contributed by atoms with Gasteiger partial charge in [0.05, 0.1) is 11.0 Å². The van der Waals surface area contributed by atoms with Gasteiger partial charge in [-0.25, -0.2) is 0 Å². The molecule has 1 N–H and O–H groups in total. The summed E-state index contributed by atoms with van der Waals surface area (Å²) in [6, 6.07) is 25.1. The zero-order chi connectivity index (χ0) is 23.2. The van der Waals surface area contributed by atoms with Crippen LogP contribution in [0.25, 0.3) is 21.8 Å². The molecule has 0 aliphatic heterocycles. The van der Waals surface area contributed by atoms with Gasteiger partial charge in [-0.3, -0.25) is 0 Å². The molecule has 1 heterocycles. The minimum atomic E-state index is -0.603. The van der Waals surface area contributed by atoms with E-state index in [0.717, 1.165) is 47.7 Å². The number of nitrogens with one attached hydrogen (secondary N) is 1. The summed E-state index contributed by atoms with van der Waals surface area (Å²) in [5.74, 6) is 0. The van der Waals surface area contributed by atoms with Crippen molar-refractivity contribution in [3.63, 3.8) is 0 Å². The van der Waals surface area contributed by atoms with Gasteiger partial charge in [0, 0.05) is 23.9 Å². The second kappa shape index (κ2) is 10.3. The first kappa shape index (κ1) is 22.6. The van der Waals surface area contributed by atoms with Crippen molar-refractivity contribution >= 4 is 21.8 Å². The van der Waals surface area contributed by atoms with Gasteiger partial charge in [0.25, 0.3) is 0 Å². The Morgan fingerprint density at radius 1 is 1.00 bits per heavy atom. The highest BCUT2D eigenvalue weighted by atomic mass is 16.6. The first-order valence-electron chi connectivity index (χ1n) is 11.5. The van der Waals surface area contributed by atoms with Crippen LogP contribution in [0.3, 0.4) is 0 Å². The Balaban J connectivity index is 1.72. The van der Waals surface area contributed by atoms with E-state index < -0.39 is 6.10 Å². The number of nitriles is 1. The van der Waals surface area contributed by atoms with Crippen LogP contribution < -0.4 is 10.7 Å². The molecule has 0 radical (unpaired) electrons. The van der Waals surface area contributed by atoms with Crippen molar-refractivity contribution in [2.75, 3.05) is 6.54 Å². The molecule has 0 aliphatic rings. The zero-order valence-electron chi connectivity index (χ0n) is 19.5. The van der Waals surface area contributed by atoms with Crippen LogP contribution in [0.4, 0.5) is 0 Å². The first-order chi connectivity index (χ1) is 16.1. The molecule has 1 unspecified atom stereocenters. The van der Waals surface area contributed by atoms with E-state index in [1.807, 2.05) is 12.1 Å². The molecule has 4 aromatic rings. The molecule has 3 aromatic carbocycles. The van der Waals surface area contributed by atoms with Crippen LogP contribution in [-0.4, -0.2) is 17.2 Å². The third-order valence-corrected chi connectivity index (χ3v) is 6.07. The largest absolute Gasteiger partial charge is 0.377 e. The lowest BCUT2D eigenvalue weighted by molar-refractivity contribution is 0.102. The van der Waals surface area contributed by atoms with Gasteiger partial charge < -0.3 is 14.7 Å². The summed E-state index contributed by atoms with van der Waals surface area (Å²) in [5.41, 5.74) is 6.06. The normalized spacial score (nSPS) is 12.7. The van der Waals surface area contributed by atoms with Crippen LogP contribution in [-0.2, 0) is 17.9 Å². The molecule has 0 bridgehead atoms. The number of fused-ring (bicyclic) bond motifs is 2. The van der Waals surface area contributed by atoms with Crippen LogP contribution in [0.15, 0.2) is 71.9 Å². The Labute approximate surface area is 194 Å². The predicted molar refractivity (Wildman–Crippen MR) is 133 cm³/mol. The number of aromatic nitrogens is 1. The molecule has 0 saturated heterocycles. The van der Waals surface area contributed by atoms with Gasteiger partial charge in [0.1, 0.15) is 11.4 Å². The van der Waals surface area contributed by atoms with Gasteiger partial charge in [0.15, 0.2) is 0 Å². The van der Waals surface area contributed by atoms with Crippen molar-refractivity contribution in [2.24, 2.45) is 5.16 Å². The lowest BCUT2D eigenvalue weighted by Gasteiger charge is -2.19. The average Bonchev–Trinajstić information content (AvgIpc) is 2.85. The molecular weight excluding hydrogens is 408 g/mol. The zero-order valence-corrected chi connectivity index (χ0v) is 19.5. The van der Waals surface area contributed by atoms with Gasteiger partial charge in [-0.05, 0) is 56.5 Å². The molecule has 0 aliphatic carbocycles. The molecule has 5 heteroatoms. The van der Waals surface area contributed by atoms with Crippen molar-refractivity contribution in [2.45, 2.75) is 46.4 Å². The molecule has 0 spiro atoms. The van der Waals surface area contributed by atoms with E-state index in [1.54, 1.807) is 6.92 Å². The number of nitrogens with zero attached hydrogens (tertiary/aromatic N) is 3. The number of pyridine rings is 1. The van der Waals surface area contributed by atoms with Crippen molar-refractivity contribution in [1.29, 1.82) is 5.26 Å². The number of rotatable bonds is 8. The molecule has 5 nitrogen and oxygen atoms in total. The van der Waals surface area contributed by atoms with Gasteiger partial charge in [-0.2, -0.15) is 5.26 Å². The average molecular weight is 439 g/mol. The maximum Gasteiger partial charge on any atom is 0.209 e. The summed E-state index contributed by atoms with van der Waals surface area (Å²) in [7, 11) is 0. The molecule has 0 amide bonds. The van der Waals surface area contributed by atoms with Gasteiger partial charge in [-0.1, -0.05) is 65.8 Å². The first-order valence-corrected chi connectivity index (χ1v) is 11.5. The summed E-state index contributed by atoms with van der Waals surface area (Å²) in [6.07, 6.45) is 0.399. The van der Waals surface area contributed by atoms with Crippen LogP contribution in [0.5, 0.6) is 0 Å². The molecule has 0 fully saturated rings. The van der Waals surface area contributed by atoms with Gasteiger partial charge >= 0.3 is 0 Å². The highest BCUT2D eigenvalue weighted by Crippen LogP contribution is 2.25.